The minimum absolute atomic E-state index is 0.00284. The first-order valence-electron chi connectivity index (χ1n) is 7.70. The number of sulfone groups is 1. The summed E-state index contributed by atoms with van der Waals surface area (Å²) in [4.78, 5) is 1.92. The summed E-state index contributed by atoms with van der Waals surface area (Å²) >= 11 is 0. The Morgan fingerprint density at radius 1 is 1.45 bits per heavy atom. The van der Waals surface area contributed by atoms with Crippen LogP contribution in [0.3, 0.4) is 0 Å². The molecule has 0 radical (unpaired) electrons. The molecule has 1 aromatic carbocycles. The molecule has 0 amide bonds. The molecule has 6 heteroatoms. The Morgan fingerprint density at radius 2 is 2.23 bits per heavy atom. The number of nitrogens with zero attached hydrogens (tertiary/aromatic N) is 1. The third-order valence-corrected chi connectivity index (χ3v) is 5.83. The van der Waals surface area contributed by atoms with Crippen LogP contribution in [0.1, 0.15) is 18.9 Å². The van der Waals surface area contributed by atoms with E-state index in [0.29, 0.717) is 13.0 Å². The molecule has 2 rings (SSSR count). The van der Waals surface area contributed by atoms with E-state index >= 15 is 0 Å². The van der Waals surface area contributed by atoms with Crippen molar-refractivity contribution < 1.29 is 18.3 Å². The first kappa shape index (κ1) is 17.2. The van der Waals surface area contributed by atoms with Gasteiger partial charge in [-0.25, -0.2) is 8.42 Å². The van der Waals surface area contributed by atoms with Gasteiger partial charge in [0, 0.05) is 12.6 Å². The van der Waals surface area contributed by atoms with Gasteiger partial charge in [0.1, 0.15) is 18.5 Å². The van der Waals surface area contributed by atoms with E-state index < -0.39 is 15.9 Å². The maximum Gasteiger partial charge on any atom is 0.151 e. The number of aliphatic hydroxyl groups is 1. The maximum absolute atomic E-state index is 11.5. The smallest absolute Gasteiger partial charge is 0.151 e. The fourth-order valence-electron chi connectivity index (χ4n) is 2.70. The fraction of sp³-hybridized carbons (Fsp3) is 0.625. The largest absolute Gasteiger partial charge is 0.491 e. The molecule has 1 saturated heterocycles. The van der Waals surface area contributed by atoms with Gasteiger partial charge in [-0.3, -0.25) is 4.90 Å². The molecule has 0 bridgehead atoms. The molecule has 1 aliphatic heterocycles. The van der Waals surface area contributed by atoms with Gasteiger partial charge in [0.25, 0.3) is 0 Å². The van der Waals surface area contributed by atoms with E-state index in [9.17, 15) is 13.5 Å². The van der Waals surface area contributed by atoms with E-state index in [0.717, 1.165) is 12.2 Å². The lowest BCUT2D eigenvalue weighted by Gasteiger charge is -2.25. The quantitative estimate of drug-likeness (QED) is 0.812. The van der Waals surface area contributed by atoms with Crippen LogP contribution in [-0.4, -0.2) is 62.3 Å². The van der Waals surface area contributed by atoms with Gasteiger partial charge in [-0.1, -0.05) is 19.1 Å². The summed E-state index contributed by atoms with van der Waals surface area (Å²) in [5.41, 5.74) is 1.19. The van der Waals surface area contributed by atoms with E-state index in [1.54, 1.807) is 0 Å². The molecular weight excluding hydrogens is 302 g/mol. The second-order valence-corrected chi connectivity index (χ2v) is 8.19. The van der Waals surface area contributed by atoms with Crippen molar-refractivity contribution in [3.8, 4) is 5.75 Å². The van der Waals surface area contributed by atoms with Crippen LogP contribution in [0.15, 0.2) is 24.3 Å². The second-order valence-electron chi connectivity index (χ2n) is 5.96. The SMILES string of the molecule is CCc1cccc(OC[C@H](O)CN(C)[C@@H]2CCS(=O)(=O)C2)c1. The lowest BCUT2D eigenvalue weighted by atomic mass is 10.2. The predicted molar refractivity (Wildman–Crippen MR) is 87.0 cm³/mol. The molecule has 1 fully saturated rings. The predicted octanol–water partition coefficient (Wildman–Crippen LogP) is 1.11. The van der Waals surface area contributed by atoms with Crippen molar-refractivity contribution in [2.45, 2.75) is 31.9 Å². The third-order valence-electron chi connectivity index (χ3n) is 4.08. The van der Waals surface area contributed by atoms with Gasteiger partial charge in [-0.15, -0.1) is 0 Å². The highest BCUT2D eigenvalue weighted by Gasteiger charge is 2.31. The van der Waals surface area contributed by atoms with Crippen molar-refractivity contribution in [1.29, 1.82) is 0 Å². The third kappa shape index (κ3) is 4.97. The molecule has 0 unspecified atom stereocenters. The lowest BCUT2D eigenvalue weighted by Crippen LogP contribution is -2.40. The lowest BCUT2D eigenvalue weighted by molar-refractivity contribution is 0.0664. The molecule has 1 heterocycles. The van der Waals surface area contributed by atoms with Gasteiger partial charge in [0.15, 0.2) is 9.84 Å². The zero-order valence-electron chi connectivity index (χ0n) is 13.2. The molecular formula is C16H25NO4S. The fourth-order valence-corrected chi connectivity index (χ4v) is 4.51. The highest BCUT2D eigenvalue weighted by molar-refractivity contribution is 7.91. The minimum Gasteiger partial charge on any atom is -0.491 e. The zero-order chi connectivity index (χ0) is 16.2. The summed E-state index contributed by atoms with van der Waals surface area (Å²) in [6.07, 6.45) is 0.947. The van der Waals surface area contributed by atoms with Gasteiger partial charge < -0.3 is 9.84 Å². The highest BCUT2D eigenvalue weighted by atomic mass is 32.2. The van der Waals surface area contributed by atoms with Crippen molar-refractivity contribution in [3.63, 3.8) is 0 Å². The number of hydrogen-bond acceptors (Lipinski definition) is 5. The molecule has 22 heavy (non-hydrogen) atoms. The number of benzene rings is 1. The first-order chi connectivity index (χ1) is 10.4. The van der Waals surface area contributed by atoms with E-state index in [4.69, 9.17) is 4.74 Å². The number of aryl methyl sites for hydroxylation is 1. The van der Waals surface area contributed by atoms with Crippen LogP contribution in [0.25, 0.3) is 0 Å². The van der Waals surface area contributed by atoms with Crippen molar-refractivity contribution in [2.24, 2.45) is 0 Å². The van der Waals surface area contributed by atoms with Crippen LogP contribution >= 0.6 is 0 Å². The normalized spacial score (nSPS) is 21.9. The van der Waals surface area contributed by atoms with Crippen LogP contribution in [0.2, 0.25) is 0 Å². The molecule has 0 aromatic heterocycles. The standard InChI is InChI=1S/C16H25NO4S/c1-3-13-5-4-6-16(9-13)21-11-15(18)10-17(2)14-7-8-22(19,20)12-14/h4-6,9,14-15,18H,3,7-8,10-12H2,1-2H3/t14-,15-/m1/s1. The van der Waals surface area contributed by atoms with Crippen LogP contribution in [0, 0.1) is 0 Å². The Labute approximate surface area is 132 Å². The first-order valence-corrected chi connectivity index (χ1v) is 9.52. The Balaban J connectivity index is 1.79. The van der Waals surface area contributed by atoms with Crippen molar-refractivity contribution in [1.82, 2.24) is 4.90 Å². The highest BCUT2D eigenvalue weighted by Crippen LogP contribution is 2.17. The van der Waals surface area contributed by atoms with Gasteiger partial charge in [-0.2, -0.15) is 0 Å². The summed E-state index contributed by atoms with van der Waals surface area (Å²) in [5, 5.41) is 10.1. The minimum atomic E-state index is -2.89. The van der Waals surface area contributed by atoms with Crippen LogP contribution < -0.4 is 4.74 Å². The molecule has 2 atom stereocenters. The van der Waals surface area contributed by atoms with E-state index in [1.807, 2.05) is 36.2 Å². The number of ether oxygens (including phenoxy) is 1. The van der Waals surface area contributed by atoms with E-state index in [-0.39, 0.29) is 24.2 Å². The van der Waals surface area contributed by atoms with E-state index in [2.05, 4.69) is 6.92 Å². The Kier molecular flexibility index (Phi) is 5.83. The van der Waals surface area contributed by atoms with Crippen molar-refractivity contribution >= 4 is 9.84 Å². The average Bonchev–Trinajstić information content (AvgIpc) is 2.85. The summed E-state index contributed by atoms with van der Waals surface area (Å²) < 4.78 is 28.6. The maximum atomic E-state index is 11.5. The van der Waals surface area contributed by atoms with Crippen LogP contribution in [0.5, 0.6) is 5.75 Å². The monoisotopic (exact) mass is 327 g/mol. The number of likely N-dealkylation sites (N-methyl/N-ethyl adjacent to an activating group) is 1. The molecule has 0 aliphatic carbocycles. The van der Waals surface area contributed by atoms with Crippen molar-refractivity contribution in [2.75, 3.05) is 31.7 Å². The van der Waals surface area contributed by atoms with Crippen LogP contribution in [-0.2, 0) is 16.3 Å². The van der Waals surface area contributed by atoms with Gasteiger partial charge in [0.05, 0.1) is 11.5 Å². The summed E-state index contributed by atoms with van der Waals surface area (Å²) in [6.45, 7) is 2.70. The zero-order valence-corrected chi connectivity index (χ0v) is 14.1. The number of aliphatic hydroxyl groups excluding tert-OH is 1. The topological polar surface area (TPSA) is 66.8 Å². The van der Waals surface area contributed by atoms with Crippen molar-refractivity contribution in [3.05, 3.63) is 29.8 Å². The Morgan fingerprint density at radius 3 is 2.86 bits per heavy atom. The molecule has 5 nitrogen and oxygen atoms in total. The van der Waals surface area contributed by atoms with E-state index in [1.165, 1.54) is 5.56 Å². The number of hydrogen-bond donors (Lipinski definition) is 1. The Hall–Kier alpha value is -1.11. The van der Waals surface area contributed by atoms with Gasteiger partial charge in [-0.05, 0) is 37.6 Å². The van der Waals surface area contributed by atoms with Gasteiger partial charge >= 0.3 is 0 Å². The molecule has 124 valence electrons. The molecule has 0 saturated carbocycles. The molecule has 1 aliphatic rings. The molecule has 1 N–H and O–H groups in total. The Bertz CT molecular complexity index is 588. The summed E-state index contributed by atoms with van der Waals surface area (Å²) in [5.74, 6) is 1.19. The van der Waals surface area contributed by atoms with Crippen LogP contribution in [0.4, 0.5) is 0 Å². The molecule has 1 aromatic rings. The average molecular weight is 327 g/mol. The second kappa shape index (κ2) is 7.44. The number of rotatable bonds is 7. The molecule has 0 spiro atoms. The summed E-state index contributed by atoms with van der Waals surface area (Å²) in [6, 6.07) is 7.83. The van der Waals surface area contributed by atoms with Gasteiger partial charge in [0.2, 0.25) is 0 Å². The summed E-state index contributed by atoms with van der Waals surface area (Å²) in [7, 11) is -1.04.